The Bertz CT molecular complexity index is 1220. The van der Waals surface area contributed by atoms with E-state index in [0.29, 0.717) is 19.0 Å². The minimum Gasteiger partial charge on any atom is -0.497 e. The predicted octanol–water partition coefficient (Wildman–Crippen LogP) is 5.94. The topological polar surface area (TPSA) is 67.6 Å². The molecule has 180 valence electrons. The number of benzene rings is 3. The number of amides is 1. The van der Waals surface area contributed by atoms with Crippen molar-refractivity contribution in [2.45, 2.75) is 39.0 Å². The summed E-state index contributed by atoms with van der Waals surface area (Å²) in [5.74, 6) is 1.05. The lowest BCUT2D eigenvalue weighted by atomic mass is 10.1. The van der Waals surface area contributed by atoms with Gasteiger partial charge in [0.1, 0.15) is 12.0 Å². The second-order valence-corrected chi connectivity index (χ2v) is 8.58. The standard InChI is InChI=1S/C29H31N3O3/c1-21(24-12-6-4-7-13-24)30-29(33)27-20-35-28(31-27)19-32(22(2)25-14-8-5-9-15-25)18-23-11-10-16-26(17-23)34-3/h4-17,20-22H,18-19H2,1-3H3,(H,30,33). The van der Waals surface area contributed by atoms with Gasteiger partial charge in [-0.2, -0.15) is 0 Å². The van der Waals surface area contributed by atoms with Gasteiger partial charge in [-0.25, -0.2) is 4.98 Å². The summed E-state index contributed by atoms with van der Waals surface area (Å²) in [7, 11) is 1.67. The molecular formula is C29H31N3O3. The van der Waals surface area contributed by atoms with Crippen LogP contribution >= 0.6 is 0 Å². The summed E-state index contributed by atoms with van der Waals surface area (Å²) >= 11 is 0. The highest BCUT2D eigenvalue weighted by molar-refractivity contribution is 5.92. The summed E-state index contributed by atoms with van der Waals surface area (Å²) in [6.45, 7) is 5.23. The first kappa shape index (κ1) is 24.2. The summed E-state index contributed by atoms with van der Waals surface area (Å²) in [5.41, 5.74) is 3.62. The molecule has 4 rings (SSSR count). The van der Waals surface area contributed by atoms with E-state index in [9.17, 15) is 4.79 Å². The van der Waals surface area contributed by atoms with Crippen LogP contribution in [0.25, 0.3) is 0 Å². The molecule has 1 amide bonds. The van der Waals surface area contributed by atoms with E-state index >= 15 is 0 Å². The molecule has 0 aliphatic carbocycles. The van der Waals surface area contributed by atoms with Gasteiger partial charge in [0.15, 0.2) is 5.69 Å². The van der Waals surface area contributed by atoms with Gasteiger partial charge < -0.3 is 14.5 Å². The van der Waals surface area contributed by atoms with Crippen molar-refractivity contribution in [2.75, 3.05) is 7.11 Å². The first-order valence-corrected chi connectivity index (χ1v) is 11.8. The van der Waals surface area contributed by atoms with Crippen LogP contribution in [0, 0.1) is 0 Å². The van der Waals surface area contributed by atoms with Gasteiger partial charge >= 0.3 is 0 Å². The van der Waals surface area contributed by atoms with E-state index in [2.05, 4.69) is 40.3 Å². The number of carbonyl (C=O) groups excluding carboxylic acids is 1. The lowest BCUT2D eigenvalue weighted by molar-refractivity contribution is 0.0934. The zero-order chi connectivity index (χ0) is 24.6. The summed E-state index contributed by atoms with van der Waals surface area (Å²) in [6, 6.07) is 28.2. The van der Waals surface area contributed by atoms with Crippen LogP contribution in [-0.4, -0.2) is 22.9 Å². The van der Waals surface area contributed by atoms with Crippen molar-refractivity contribution in [3.05, 3.63) is 119 Å². The van der Waals surface area contributed by atoms with Gasteiger partial charge in [-0.3, -0.25) is 9.69 Å². The Hall–Kier alpha value is -3.90. The maximum Gasteiger partial charge on any atom is 0.273 e. The molecule has 2 atom stereocenters. The van der Waals surface area contributed by atoms with Crippen LogP contribution in [0.3, 0.4) is 0 Å². The number of hydrogen-bond acceptors (Lipinski definition) is 5. The SMILES string of the molecule is COc1cccc(CN(Cc2nc(C(=O)NC(C)c3ccccc3)co2)C(C)c2ccccc2)c1. The molecule has 1 heterocycles. The number of nitrogens with one attached hydrogen (secondary N) is 1. The van der Waals surface area contributed by atoms with Gasteiger partial charge in [0.2, 0.25) is 5.89 Å². The van der Waals surface area contributed by atoms with Gasteiger partial charge in [0.25, 0.3) is 5.91 Å². The Labute approximate surface area is 206 Å². The Kier molecular flexibility index (Phi) is 7.95. The number of ether oxygens (including phenoxy) is 1. The van der Waals surface area contributed by atoms with Gasteiger partial charge in [0.05, 0.1) is 19.7 Å². The zero-order valence-corrected chi connectivity index (χ0v) is 20.3. The third kappa shape index (κ3) is 6.37. The number of methoxy groups -OCH3 is 1. The van der Waals surface area contributed by atoms with E-state index in [1.165, 1.54) is 11.8 Å². The number of hydrogen-bond donors (Lipinski definition) is 1. The first-order valence-electron chi connectivity index (χ1n) is 11.8. The maximum atomic E-state index is 12.8. The van der Waals surface area contributed by atoms with E-state index in [0.717, 1.165) is 16.9 Å². The molecule has 1 N–H and O–H groups in total. The smallest absolute Gasteiger partial charge is 0.273 e. The number of rotatable bonds is 10. The van der Waals surface area contributed by atoms with Crippen LogP contribution in [0.2, 0.25) is 0 Å². The van der Waals surface area contributed by atoms with E-state index in [4.69, 9.17) is 9.15 Å². The van der Waals surface area contributed by atoms with Crippen molar-refractivity contribution in [1.82, 2.24) is 15.2 Å². The summed E-state index contributed by atoms with van der Waals surface area (Å²) < 4.78 is 11.1. The third-order valence-corrected chi connectivity index (χ3v) is 6.12. The predicted molar refractivity (Wildman–Crippen MR) is 136 cm³/mol. The van der Waals surface area contributed by atoms with Crippen molar-refractivity contribution in [2.24, 2.45) is 0 Å². The van der Waals surface area contributed by atoms with Gasteiger partial charge in [0, 0.05) is 12.6 Å². The lowest BCUT2D eigenvalue weighted by Crippen LogP contribution is -2.28. The fourth-order valence-electron chi connectivity index (χ4n) is 4.03. The van der Waals surface area contributed by atoms with Crippen LogP contribution in [-0.2, 0) is 13.1 Å². The van der Waals surface area contributed by atoms with Crippen molar-refractivity contribution >= 4 is 5.91 Å². The highest BCUT2D eigenvalue weighted by atomic mass is 16.5. The summed E-state index contributed by atoms with van der Waals surface area (Å²) in [6.07, 6.45) is 1.43. The van der Waals surface area contributed by atoms with E-state index in [-0.39, 0.29) is 23.7 Å². The van der Waals surface area contributed by atoms with Gasteiger partial charge in [-0.05, 0) is 42.7 Å². The number of oxazole rings is 1. The minimum absolute atomic E-state index is 0.102. The lowest BCUT2D eigenvalue weighted by Gasteiger charge is -2.28. The average molecular weight is 470 g/mol. The summed E-state index contributed by atoms with van der Waals surface area (Å²) in [5, 5.41) is 2.99. The fourth-order valence-corrected chi connectivity index (χ4v) is 4.03. The second kappa shape index (κ2) is 11.5. The van der Waals surface area contributed by atoms with Gasteiger partial charge in [-0.15, -0.1) is 0 Å². The fraction of sp³-hybridized carbons (Fsp3) is 0.241. The minimum atomic E-state index is -0.258. The monoisotopic (exact) mass is 469 g/mol. The Morgan fingerprint density at radius 1 is 0.943 bits per heavy atom. The largest absolute Gasteiger partial charge is 0.497 e. The molecule has 0 saturated heterocycles. The molecule has 2 unspecified atom stereocenters. The third-order valence-electron chi connectivity index (χ3n) is 6.12. The molecule has 0 spiro atoms. The van der Waals surface area contributed by atoms with Crippen LogP contribution in [0.1, 0.15) is 59.0 Å². The van der Waals surface area contributed by atoms with Crippen LogP contribution in [0.4, 0.5) is 0 Å². The van der Waals surface area contributed by atoms with Crippen molar-refractivity contribution in [3.63, 3.8) is 0 Å². The molecule has 0 aliphatic rings. The maximum absolute atomic E-state index is 12.8. The molecule has 6 heteroatoms. The highest BCUT2D eigenvalue weighted by Crippen LogP contribution is 2.26. The van der Waals surface area contributed by atoms with Crippen molar-refractivity contribution in [3.8, 4) is 5.75 Å². The molecule has 0 saturated carbocycles. The van der Waals surface area contributed by atoms with Gasteiger partial charge in [-0.1, -0.05) is 72.8 Å². The van der Waals surface area contributed by atoms with Crippen molar-refractivity contribution in [1.29, 1.82) is 0 Å². The summed E-state index contributed by atoms with van der Waals surface area (Å²) in [4.78, 5) is 19.6. The molecule has 3 aromatic carbocycles. The Morgan fingerprint density at radius 2 is 1.63 bits per heavy atom. The van der Waals surface area contributed by atoms with E-state index in [1.807, 2.05) is 73.7 Å². The zero-order valence-electron chi connectivity index (χ0n) is 20.3. The first-order chi connectivity index (χ1) is 17.0. The number of carbonyl (C=O) groups is 1. The van der Waals surface area contributed by atoms with Crippen molar-refractivity contribution < 1.29 is 13.9 Å². The van der Waals surface area contributed by atoms with Crippen LogP contribution in [0.15, 0.2) is 95.6 Å². The molecule has 0 fully saturated rings. The number of nitrogens with zero attached hydrogens (tertiary/aromatic N) is 2. The number of aromatic nitrogens is 1. The quantitative estimate of drug-likeness (QED) is 0.311. The van der Waals surface area contributed by atoms with E-state index in [1.54, 1.807) is 7.11 Å². The average Bonchev–Trinajstić information content (AvgIpc) is 3.38. The Morgan fingerprint density at radius 3 is 2.31 bits per heavy atom. The van der Waals surface area contributed by atoms with Crippen LogP contribution < -0.4 is 10.1 Å². The van der Waals surface area contributed by atoms with E-state index < -0.39 is 0 Å². The molecule has 1 aromatic heterocycles. The molecule has 0 radical (unpaired) electrons. The molecule has 35 heavy (non-hydrogen) atoms. The molecule has 0 bridgehead atoms. The molecular weight excluding hydrogens is 438 g/mol. The highest BCUT2D eigenvalue weighted by Gasteiger charge is 2.21. The normalized spacial score (nSPS) is 12.8. The molecule has 0 aliphatic heterocycles. The molecule has 4 aromatic rings. The van der Waals surface area contributed by atoms with Crippen LogP contribution in [0.5, 0.6) is 5.75 Å². The molecule has 6 nitrogen and oxygen atoms in total. The second-order valence-electron chi connectivity index (χ2n) is 8.58. The Balaban J connectivity index is 1.50.